The van der Waals surface area contributed by atoms with Gasteiger partial charge < -0.3 is 10.1 Å². The van der Waals surface area contributed by atoms with E-state index in [0.29, 0.717) is 25.1 Å². The van der Waals surface area contributed by atoms with Crippen LogP contribution in [0.15, 0.2) is 12.1 Å². The Kier molecular flexibility index (Phi) is 3.51. The minimum Gasteiger partial charge on any atom is -0.371 e. The zero-order valence-electron chi connectivity index (χ0n) is 9.22. The van der Waals surface area contributed by atoms with Gasteiger partial charge in [0.15, 0.2) is 11.6 Å². The van der Waals surface area contributed by atoms with Crippen molar-refractivity contribution in [2.24, 2.45) is 0 Å². The molecule has 16 heavy (non-hydrogen) atoms. The lowest BCUT2D eigenvalue weighted by Crippen LogP contribution is -2.34. The fourth-order valence-electron chi connectivity index (χ4n) is 1.87. The fourth-order valence-corrected chi connectivity index (χ4v) is 1.87. The maximum absolute atomic E-state index is 13.6. The maximum Gasteiger partial charge on any atom is 0.164 e. The van der Waals surface area contributed by atoms with Crippen molar-refractivity contribution in [1.82, 2.24) is 5.32 Å². The number of halogens is 2. The summed E-state index contributed by atoms with van der Waals surface area (Å²) in [5.41, 5.74) is 1.12. The molecule has 1 saturated heterocycles. The maximum atomic E-state index is 13.6. The fraction of sp³-hybridized carbons (Fsp3) is 0.500. The number of benzene rings is 1. The molecule has 1 heterocycles. The van der Waals surface area contributed by atoms with E-state index in [9.17, 15) is 8.78 Å². The molecule has 1 aliphatic rings. The van der Waals surface area contributed by atoms with Crippen LogP contribution in [0.2, 0.25) is 0 Å². The highest BCUT2D eigenvalue weighted by atomic mass is 19.2. The summed E-state index contributed by atoms with van der Waals surface area (Å²) in [6.45, 7) is 3.73. The second kappa shape index (κ2) is 4.89. The smallest absolute Gasteiger partial charge is 0.164 e. The topological polar surface area (TPSA) is 21.3 Å². The van der Waals surface area contributed by atoms with Gasteiger partial charge in [-0.3, -0.25) is 0 Å². The lowest BCUT2D eigenvalue weighted by Gasteiger charge is -2.24. The summed E-state index contributed by atoms with van der Waals surface area (Å²) in [5, 5.41) is 3.10. The van der Waals surface area contributed by atoms with Crippen molar-refractivity contribution in [3.63, 3.8) is 0 Å². The van der Waals surface area contributed by atoms with Gasteiger partial charge in [-0.25, -0.2) is 8.78 Å². The first-order valence-corrected chi connectivity index (χ1v) is 5.52. The van der Waals surface area contributed by atoms with Crippen LogP contribution in [0.3, 0.4) is 0 Å². The first kappa shape index (κ1) is 11.5. The van der Waals surface area contributed by atoms with Crippen molar-refractivity contribution in [3.8, 4) is 0 Å². The molecule has 1 aliphatic heterocycles. The van der Waals surface area contributed by atoms with Gasteiger partial charge in [0, 0.05) is 18.7 Å². The number of ether oxygens (including phenoxy) is 1. The highest BCUT2D eigenvalue weighted by Crippen LogP contribution is 2.25. The Morgan fingerprint density at radius 3 is 2.88 bits per heavy atom. The molecule has 2 rings (SSSR count). The van der Waals surface area contributed by atoms with Crippen molar-refractivity contribution in [3.05, 3.63) is 34.9 Å². The van der Waals surface area contributed by atoms with Gasteiger partial charge in [-0.2, -0.15) is 0 Å². The van der Waals surface area contributed by atoms with Crippen LogP contribution in [0.1, 0.15) is 24.2 Å². The van der Waals surface area contributed by atoms with E-state index in [1.807, 2.05) is 6.92 Å². The van der Waals surface area contributed by atoms with Gasteiger partial charge in [0.25, 0.3) is 0 Å². The third-order valence-electron chi connectivity index (χ3n) is 2.80. The molecule has 0 aromatic heterocycles. The van der Waals surface area contributed by atoms with Crippen LogP contribution in [-0.4, -0.2) is 19.7 Å². The van der Waals surface area contributed by atoms with Crippen LogP contribution in [0.25, 0.3) is 0 Å². The second-order valence-corrected chi connectivity index (χ2v) is 3.90. The Hall–Kier alpha value is -1.00. The molecule has 0 saturated carbocycles. The van der Waals surface area contributed by atoms with Gasteiger partial charge in [0.1, 0.15) is 0 Å². The highest BCUT2D eigenvalue weighted by molar-refractivity contribution is 5.28. The normalized spacial score (nSPS) is 21.1. The van der Waals surface area contributed by atoms with Crippen molar-refractivity contribution in [2.75, 3.05) is 19.7 Å². The number of rotatable bonds is 2. The van der Waals surface area contributed by atoms with Crippen molar-refractivity contribution < 1.29 is 13.5 Å². The largest absolute Gasteiger partial charge is 0.371 e. The summed E-state index contributed by atoms with van der Waals surface area (Å²) < 4.78 is 32.4. The molecular formula is C12H15F2NO. The summed E-state index contributed by atoms with van der Waals surface area (Å²) in [5.74, 6) is -1.57. The van der Waals surface area contributed by atoms with Crippen LogP contribution < -0.4 is 5.32 Å². The predicted octanol–water partition coefficient (Wildman–Crippen LogP) is 2.19. The lowest BCUT2D eigenvalue weighted by atomic mass is 10.0. The zero-order chi connectivity index (χ0) is 11.5. The van der Waals surface area contributed by atoms with E-state index in [1.54, 1.807) is 6.07 Å². The summed E-state index contributed by atoms with van der Waals surface area (Å²) in [4.78, 5) is 0. The molecule has 88 valence electrons. The van der Waals surface area contributed by atoms with Gasteiger partial charge in [-0.1, -0.05) is 13.0 Å². The summed E-state index contributed by atoms with van der Waals surface area (Å²) in [6.07, 6.45) is 0.305. The minimum absolute atomic E-state index is 0.323. The van der Waals surface area contributed by atoms with E-state index in [4.69, 9.17) is 4.74 Å². The first-order valence-electron chi connectivity index (χ1n) is 5.52. The average molecular weight is 227 g/mol. The average Bonchev–Trinajstić information content (AvgIpc) is 2.33. The molecule has 1 unspecified atom stereocenters. The SMILES string of the molecule is CCc1cc(F)c(F)c(C2CNCCO2)c1. The van der Waals surface area contributed by atoms with Gasteiger partial charge in [-0.15, -0.1) is 0 Å². The third kappa shape index (κ3) is 2.23. The van der Waals surface area contributed by atoms with Crippen LogP contribution in [0, 0.1) is 11.6 Å². The third-order valence-corrected chi connectivity index (χ3v) is 2.80. The van der Waals surface area contributed by atoms with Crippen LogP contribution in [0.4, 0.5) is 8.78 Å². The molecule has 0 bridgehead atoms. The monoisotopic (exact) mass is 227 g/mol. The van der Waals surface area contributed by atoms with Crippen LogP contribution >= 0.6 is 0 Å². The van der Waals surface area contributed by atoms with Crippen LogP contribution in [-0.2, 0) is 11.2 Å². The molecule has 0 amide bonds. The number of nitrogens with one attached hydrogen (secondary N) is 1. The van der Waals surface area contributed by atoms with Gasteiger partial charge in [-0.05, 0) is 18.1 Å². The zero-order valence-corrected chi connectivity index (χ0v) is 9.22. The molecule has 0 aliphatic carbocycles. The molecule has 1 atom stereocenters. The molecule has 1 N–H and O–H groups in total. The lowest BCUT2D eigenvalue weighted by molar-refractivity contribution is 0.0251. The molecular weight excluding hydrogens is 212 g/mol. The molecule has 0 radical (unpaired) electrons. The molecule has 1 aromatic carbocycles. The highest BCUT2D eigenvalue weighted by Gasteiger charge is 2.21. The Bertz CT molecular complexity index is 376. The van der Waals surface area contributed by atoms with E-state index in [0.717, 1.165) is 12.1 Å². The molecule has 4 heteroatoms. The predicted molar refractivity (Wildman–Crippen MR) is 57.3 cm³/mol. The van der Waals surface area contributed by atoms with Crippen molar-refractivity contribution in [1.29, 1.82) is 0 Å². The van der Waals surface area contributed by atoms with Crippen LogP contribution in [0.5, 0.6) is 0 Å². The number of aryl methyl sites for hydroxylation is 1. The van der Waals surface area contributed by atoms with Crippen molar-refractivity contribution >= 4 is 0 Å². The second-order valence-electron chi connectivity index (χ2n) is 3.90. The van der Waals surface area contributed by atoms with E-state index in [1.165, 1.54) is 6.07 Å². The number of hydrogen-bond acceptors (Lipinski definition) is 2. The van der Waals surface area contributed by atoms with E-state index in [-0.39, 0.29) is 6.10 Å². The molecule has 2 nitrogen and oxygen atoms in total. The quantitative estimate of drug-likeness (QED) is 0.836. The Balaban J connectivity index is 2.33. The Labute approximate surface area is 93.6 Å². The summed E-state index contributed by atoms with van der Waals surface area (Å²) in [7, 11) is 0. The van der Waals surface area contributed by atoms with Gasteiger partial charge in [0.05, 0.1) is 12.7 Å². The van der Waals surface area contributed by atoms with Gasteiger partial charge >= 0.3 is 0 Å². The standard InChI is InChI=1S/C12H15F2NO/c1-2-8-5-9(12(14)10(13)6-8)11-7-15-3-4-16-11/h5-6,11,15H,2-4,7H2,1H3. The van der Waals surface area contributed by atoms with Gasteiger partial charge in [0.2, 0.25) is 0 Å². The number of morpholine rings is 1. The Morgan fingerprint density at radius 1 is 1.44 bits per heavy atom. The first-order chi connectivity index (χ1) is 7.72. The summed E-state index contributed by atoms with van der Waals surface area (Å²) in [6, 6.07) is 2.94. The molecule has 1 fully saturated rings. The Morgan fingerprint density at radius 2 is 2.25 bits per heavy atom. The molecule has 0 spiro atoms. The van der Waals surface area contributed by atoms with E-state index < -0.39 is 11.6 Å². The van der Waals surface area contributed by atoms with E-state index >= 15 is 0 Å². The molecule has 1 aromatic rings. The van der Waals surface area contributed by atoms with E-state index in [2.05, 4.69) is 5.32 Å². The van der Waals surface area contributed by atoms with Crippen molar-refractivity contribution in [2.45, 2.75) is 19.4 Å². The minimum atomic E-state index is -0.788. The number of hydrogen-bond donors (Lipinski definition) is 1. The summed E-state index contributed by atoms with van der Waals surface area (Å²) >= 11 is 0.